The number of amides is 1. The van der Waals surface area contributed by atoms with Crippen molar-refractivity contribution in [1.29, 1.82) is 0 Å². The van der Waals surface area contributed by atoms with Gasteiger partial charge in [0.15, 0.2) is 0 Å². The Morgan fingerprint density at radius 2 is 2.00 bits per heavy atom. The van der Waals surface area contributed by atoms with E-state index in [9.17, 15) is 14.4 Å². The van der Waals surface area contributed by atoms with Gasteiger partial charge in [-0.15, -0.1) is 0 Å². The minimum Gasteiger partial charge on any atom is -0.467 e. The van der Waals surface area contributed by atoms with Crippen molar-refractivity contribution in [3.63, 3.8) is 0 Å². The molecule has 0 spiro atoms. The van der Waals surface area contributed by atoms with Gasteiger partial charge in [-0.1, -0.05) is 50.6 Å². The van der Waals surface area contributed by atoms with Gasteiger partial charge < -0.3 is 20.2 Å². The Labute approximate surface area is 168 Å². The van der Waals surface area contributed by atoms with Gasteiger partial charge in [-0.3, -0.25) is 10.6 Å². The van der Waals surface area contributed by atoms with Crippen LogP contribution in [0.3, 0.4) is 0 Å². The summed E-state index contributed by atoms with van der Waals surface area (Å²) in [5.74, 6) is 4.55. The molecule has 0 radical (unpaired) electrons. The van der Waals surface area contributed by atoms with Crippen LogP contribution in [0.1, 0.15) is 38.7 Å². The largest absolute Gasteiger partial charge is 0.467 e. The number of carbonyl (C=O) groups excluding carboxylic acids is 3. The summed E-state index contributed by atoms with van der Waals surface area (Å²) in [5.41, 5.74) is 0.140. The molecule has 0 heterocycles. The van der Waals surface area contributed by atoms with Crippen molar-refractivity contribution < 1.29 is 19.1 Å². The smallest absolute Gasteiger partial charge is 0.328 e. The van der Waals surface area contributed by atoms with E-state index in [4.69, 9.17) is 10.6 Å². The number of nitrogens with one attached hydrogen (secondary N) is 2. The van der Waals surface area contributed by atoms with Crippen LogP contribution < -0.4 is 16.5 Å². The second-order valence-electron chi connectivity index (χ2n) is 7.11. The first-order valence-electron chi connectivity index (χ1n) is 9.75. The minimum absolute atomic E-state index is 0.0570. The van der Waals surface area contributed by atoms with Crippen LogP contribution in [0.2, 0.25) is 6.32 Å². The van der Waals surface area contributed by atoms with E-state index in [1.165, 1.54) is 7.11 Å². The molecule has 0 aliphatic rings. The van der Waals surface area contributed by atoms with Crippen LogP contribution >= 0.6 is 0 Å². The number of methoxy groups -OCH3 is 1. The summed E-state index contributed by atoms with van der Waals surface area (Å²) >= 11 is 0. The number of benzene rings is 1. The average Bonchev–Trinajstić information content (AvgIpc) is 2.73. The number of aryl methyl sites for hydroxylation is 1. The lowest BCUT2D eigenvalue weighted by molar-refractivity contribution is -0.147. The van der Waals surface area contributed by atoms with Gasteiger partial charge in [0.2, 0.25) is 13.3 Å². The molecular formula is C20H32BN3O4. The summed E-state index contributed by atoms with van der Waals surface area (Å²) in [6.07, 6.45) is 2.99. The molecular weight excluding hydrogens is 357 g/mol. The van der Waals surface area contributed by atoms with Crippen LogP contribution in [-0.4, -0.2) is 38.7 Å². The molecule has 0 saturated heterocycles. The summed E-state index contributed by atoms with van der Waals surface area (Å²) in [5, 5.41) is 5.41. The molecule has 1 aromatic rings. The molecule has 1 rings (SSSR count). The average molecular weight is 389 g/mol. The molecule has 3 atom stereocenters. The maximum Gasteiger partial charge on any atom is 0.328 e. The van der Waals surface area contributed by atoms with Crippen molar-refractivity contribution >= 4 is 25.6 Å². The lowest BCUT2D eigenvalue weighted by Crippen LogP contribution is -2.52. The first kappa shape index (κ1) is 23.9. The Morgan fingerprint density at radius 3 is 2.54 bits per heavy atom. The van der Waals surface area contributed by atoms with Crippen LogP contribution in [0.5, 0.6) is 0 Å². The van der Waals surface area contributed by atoms with Crippen molar-refractivity contribution in [3.05, 3.63) is 35.9 Å². The van der Waals surface area contributed by atoms with E-state index in [0.29, 0.717) is 26.6 Å². The number of nitrogens with two attached hydrogens (primary N) is 1. The van der Waals surface area contributed by atoms with Crippen LogP contribution in [0.25, 0.3) is 0 Å². The van der Waals surface area contributed by atoms with E-state index >= 15 is 0 Å². The normalized spacial score (nSPS) is 15.0. The maximum atomic E-state index is 13.3. The Hall–Kier alpha value is -2.19. The topological polar surface area (TPSA) is 111 Å². The first-order valence-corrected chi connectivity index (χ1v) is 9.75. The lowest BCUT2D eigenvalue weighted by Gasteiger charge is -2.37. The highest BCUT2D eigenvalue weighted by Crippen LogP contribution is 2.37. The van der Waals surface area contributed by atoms with Crippen molar-refractivity contribution in [2.75, 3.05) is 7.11 Å². The summed E-state index contributed by atoms with van der Waals surface area (Å²) in [6, 6.07) is 8.95. The third kappa shape index (κ3) is 6.46. The Morgan fingerprint density at radius 1 is 1.32 bits per heavy atom. The maximum absolute atomic E-state index is 13.3. The molecule has 0 bridgehead atoms. The van der Waals surface area contributed by atoms with Crippen molar-refractivity contribution in [2.24, 2.45) is 17.2 Å². The van der Waals surface area contributed by atoms with Gasteiger partial charge in [0.25, 0.3) is 0 Å². The van der Waals surface area contributed by atoms with Crippen molar-refractivity contribution in [2.45, 2.75) is 51.9 Å². The highest BCUT2D eigenvalue weighted by atomic mass is 16.5. The number of aldehydes is 1. The van der Waals surface area contributed by atoms with E-state index in [-0.39, 0.29) is 18.2 Å². The van der Waals surface area contributed by atoms with E-state index in [1.54, 1.807) is 0 Å². The quantitative estimate of drug-likeness (QED) is 0.153. The van der Waals surface area contributed by atoms with Crippen LogP contribution in [0, 0.1) is 11.3 Å². The second-order valence-corrected chi connectivity index (χ2v) is 7.11. The molecule has 1 aromatic carbocycles. The lowest BCUT2D eigenvalue weighted by atomic mass is 9.61. The van der Waals surface area contributed by atoms with Crippen LogP contribution in [-0.2, 0) is 25.5 Å². The fraction of sp³-hybridized carbons (Fsp3) is 0.550. The molecule has 154 valence electrons. The zero-order chi connectivity index (χ0) is 21.0. The van der Waals surface area contributed by atoms with E-state index in [0.717, 1.165) is 18.3 Å². The summed E-state index contributed by atoms with van der Waals surface area (Å²) in [4.78, 5) is 36.9. The Kier molecular flexibility index (Phi) is 10.5. The van der Waals surface area contributed by atoms with Gasteiger partial charge in [-0.05, 0) is 30.6 Å². The molecule has 1 unspecified atom stereocenters. The van der Waals surface area contributed by atoms with E-state index in [1.807, 2.05) is 44.2 Å². The van der Waals surface area contributed by atoms with Gasteiger partial charge >= 0.3 is 5.97 Å². The number of hydrogen-bond donors (Lipinski definition) is 3. The highest BCUT2D eigenvalue weighted by molar-refractivity contribution is 6.33. The fourth-order valence-corrected chi connectivity index (χ4v) is 3.46. The van der Waals surface area contributed by atoms with Gasteiger partial charge in [0.05, 0.1) is 12.5 Å². The van der Waals surface area contributed by atoms with Crippen LogP contribution in [0.15, 0.2) is 30.3 Å². The number of esters is 1. The summed E-state index contributed by atoms with van der Waals surface area (Å²) < 4.78 is 4.89. The third-order valence-electron chi connectivity index (χ3n) is 5.53. The van der Waals surface area contributed by atoms with E-state index in [2.05, 4.69) is 10.7 Å². The van der Waals surface area contributed by atoms with Gasteiger partial charge in [-0.25, -0.2) is 4.79 Å². The Bertz CT molecular complexity index is 629. The molecule has 28 heavy (non-hydrogen) atoms. The molecule has 0 aliphatic carbocycles. The number of carbonyl (C=O) groups is 3. The Balaban J connectivity index is 3.02. The SMILES string of the molecule is CC[C@@H](C)[C@@](CBNN)(CC=O)C(=O)NC(CCc1ccccc1)C(=O)OC. The molecule has 0 fully saturated rings. The van der Waals surface area contributed by atoms with Gasteiger partial charge in [0.1, 0.15) is 12.3 Å². The molecule has 8 heteroatoms. The van der Waals surface area contributed by atoms with Gasteiger partial charge in [0, 0.05) is 6.42 Å². The zero-order valence-electron chi connectivity index (χ0n) is 17.1. The molecule has 7 nitrogen and oxygen atoms in total. The number of hydrogen-bond acceptors (Lipinski definition) is 6. The number of hydrazine groups is 1. The van der Waals surface area contributed by atoms with Crippen molar-refractivity contribution in [3.8, 4) is 0 Å². The first-order chi connectivity index (χ1) is 13.4. The molecule has 4 N–H and O–H groups in total. The van der Waals surface area contributed by atoms with E-state index < -0.39 is 17.4 Å². The van der Waals surface area contributed by atoms with Gasteiger partial charge in [-0.2, -0.15) is 0 Å². The minimum atomic E-state index is -0.929. The summed E-state index contributed by atoms with van der Waals surface area (Å²) in [7, 11) is 1.69. The second kappa shape index (κ2) is 12.3. The number of ether oxygens (including phenoxy) is 1. The third-order valence-corrected chi connectivity index (χ3v) is 5.53. The standard InChI is InChI=1S/C20H32BN3O4/c1-4-15(2)20(12-13-25,14-21-24-22)19(27)23-17(18(26)28-3)11-10-16-8-6-5-7-9-16/h5-9,13,15,17,21,24H,4,10-12,14,22H2,1-3H3,(H,23,27)/t15-,17?,20+/m1/s1. The zero-order valence-corrected chi connectivity index (χ0v) is 17.1. The predicted molar refractivity (Wildman–Crippen MR) is 111 cm³/mol. The highest BCUT2D eigenvalue weighted by Gasteiger charge is 2.43. The number of rotatable bonds is 13. The molecule has 1 amide bonds. The van der Waals surface area contributed by atoms with Crippen molar-refractivity contribution in [1.82, 2.24) is 10.7 Å². The van der Waals surface area contributed by atoms with Crippen LogP contribution in [0.4, 0.5) is 0 Å². The monoisotopic (exact) mass is 389 g/mol. The molecule has 0 saturated carbocycles. The fourth-order valence-electron chi connectivity index (χ4n) is 3.46. The molecule has 0 aliphatic heterocycles. The molecule has 0 aromatic heterocycles. The summed E-state index contributed by atoms with van der Waals surface area (Å²) in [6.45, 7) is 3.91. The predicted octanol–water partition coefficient (Wildman–Crippen LogP) is 1.13.